The summed E-state index contributed by atoms with van der Waals surface area (Å²) in [6, 6.07) is 7.31. The fraction of sp³-hybridized carbons (Fsp3) is 0.286. The molecule has 0 bridgehead atoms. The number of benzene rings is 2. The molecule has 0 unspecified atom stereocenters. The van der Waals surface area contributed by atoms with Crippen LogP contribution in [0.4, 0.5) is 14.6 Å². The van der Waals surface area contributed by atoms with Crippen molar-refractivity contribution in [2.24, 2.45) is 0 Å². The number of anilines is 1. The molecule has 0 atom stereocenters. The van der Waals surface area contributed by atoms with Gasteiger partial charge in [-0.2, -0.15) is 0 Å². The molecule has 0 spiro atoms. The van der Waals surface area contributed by atoms with E-state index in [1.807, 2.05) is 4.90 Å². The van der Waals surface area contributed by atoms with Crippen LogP contribution in [0.1, 0.15) is 10.4 Å². The molecule has 1 aliphatic rings. The Morgan fingerprint density at radius 2 is 1.74 bits per heavy atom. The van der Waals surface area contributed by atoms with Crippen LogP contribution in [0.2, 0.25) is 0 Å². The van der Waals surface area contributed by atoms with Crippen molar-refractivity contribution in [2.75, 3.05) is 45.2 Å². The van der Waals surface area contributed by atoms with Crippen LogP contribution in [0.3, 0.4) is 0 Å². The average molecular weight is 470 g/mol. The van der Waals surface area contributed by atoms with E-state index >= 15 is 0 Å². The van der Waals surface area contributed by atoms with Crippen LogP contribution < -0.4 is 10.2 Å². The molecule has 166 valence electrons. The Bertz CT molecular complexity index is 1090. The molecule has 1 N–H and O–H groups in total. The molecule has 1 aromatic heterocycles. The van der Waals surface area contributed by atoms with Gasteiger partial charge in [-0.3, -0.25) is 4.79 Å². The Morgan fingerprint density at radius 3 is 2.39 bits per heavy atom. The van der Waals surface area contributed by atoms with Crippen LogP contribution >= 0.6 is 24.8 Å². The van der Waals surface area contributed by atoms with E-state index in [4.69, 9.17) is 0 Å². The maximum atomic E-state index is 14.8. The minimum Gasteiger partial charge on any atom is -0.353 e. The first-order valence-electron chi connectivity index (χ1n) is 9.38. The van der Waals surface area contributed by atoms with Gasteiger partial charge >= 0.3 is 0 Å². The van der Waals surface area contributed by atoms with Gasteiger partial charge in [-0.05, 0) is 29.8 Å². The molecule has 0 saturated carbocycles. The Kier molecular flexibility index (Phi) is 8.11. The molecule has 0 radical (unpaired) electrons. The van der Waals surface area contributed by atoms with Gasteiger partial charge in [0.15, 0.2) is 0 Å². The highest BCUT2D eigenvalue weighted by Crippen LogP contribution is 2.34. The summed E-state index contributed by atoms with van der Waals surface area (Å²) >= 11 is 0. The zero-order valence-corrected chi connectivity index (χ0v) is 18.7. The molecular weight excluding hydrogens is 447 g/mol. The minimum atomic E-state index is -0.630. The number of carbonyl (C=O) groups excluding carboxylic acids is 1. The SMILES string of the molecule is CN(C)C(=O)c1ccc(-c2ccc(F)c3c(N4CCNCC4)ncnc23)cc1F.Cl.Cl. The number of carbonyl (C=O) groups is 1. The molecule has 6 nitrogen and oxygen atoms in total. The third-order valence-corrected chi connectivity index (χ3v) is 5.05. The van der Waals surface area contributed by atoms with E-state index in [0.29, 0.717) is 40.9 Å². The summed E-state index contributed by atoms with van der Waals surface area (Å²) in [7, 11) is 3.13. The zero-order valence-electron chi connectivity index (χ0n) is 17.1. The summed E-state index contributed by atoms with van der Waals surface area (Å²) in [6.45, 7) is 3.01. The second kappa shape index (κ2) is 10.2. The topological polar surface area (TPSA) is 61.4 Å². The Hall–Kier alpha value is -2.55. The van der Waals surface area contributed by atoms with Gasteiger partial charge in [-0.25, -0.2) is 18.7 Å². The predicted molar refractivity (Wildman–Crippen MR) is 122 cm³/mol. The van der Waals surface area contributed by atoms with Crippen molar-refractivity contribution in [1.82, 2.24) is 20.2 Å². The molecule has 1 fully saturated rings. The standard InChI is InChI=1S/C21H21F2N5O.2ClH/c1-27(2)21(29)15-4-3-13(11-17(15)23)14-5-6-16(22)18-19(14)25-12-26-20(18)28-9-7-24-8-10-28;;/h3-6,11-12,24H,7-10H2,1-2H3;2*1H. The summed E-state index contributed by atoms with van der Waals surface area (Å²) in [5.74, 6) is -0.926. The number of fused-ring (bicyclic) bond motifs is 1. The fourth-order valence-corrected chi connectivity index (χ4v) is 3.57. The van der Waals surface area contributed by atoms with E-state index < -0.39 is 17.5 Å². The smallest absolute Gasteiger partial charge is 0.256 e. The number of piperazine rings is 1. The lowest BCUT2D eigenvalue weighted by molar-refractivity contribution is 0.0823. The number of aromatic nitrogens is 2. The van der Waals surface area contributed by atoms with Crippen LogP contribution in [-0.2, 0) is 0 Å². The van der Waals surface area contributed by atoms with Gasteiger partial charge in [0, 0.05) is 45.8 Å². The van der Waals surface area contributed by atoms with Gasteiger partial charge in [0.1, 0.15) is 23.8 Å². The summed E-state index contributed by atoms with van der Waals surface area (Å²) in [4.78, 5) is 24.1. The maximum Gasteiger partial charge on any atom is 0.256 e. The van der Waals surface area contributed by atoms with Crippen molar-refractivity contribution in [3.8, 4) is 11.1 Å². The van der Waals surface area contributed by atoms with Crippen LogP contribution in [0, 0.1) is 11.6 Å². The van der Waals surface area contributed by atoms with Gasteiger partial charge in [-0.1, -0.05) is 6.07 Å². The average Bonchev–Trinajstić information content (AvgIpc) is 2.73. The van der Waals surface area contributed by atoms with E-state index in [1.54, 1.807) is 26.2 Å². The molecular formula is C21H23Cl2F2N5O. The van der Waals surface area contributed by atoms with E-state index in [0.717, 1.165) is 13.1 Å². The van der Waals surface area contributed by atoms with Crippen LogP contribution in [0.5, 0.6) is 0 Å². The predicted octanol–water partition coefficient (Wildman–Crippen LogP) is 3.53. The first-order valence-corrected chi connectivity index (χ1v) is 9.38. The monoisotopic (exact) mass is 469 g/mol. The number of rotatable bonds is 3. The maximum absolute atomic E-state index is 14.8. The Morgan fingerprint density at radius 1 is 1.03 bits per heavy atom. The lowest BCUT2D eigenvalue weighted by atomic mass is 9.99. The third kappa shape index (κ3) is 4.71. The van der Waals surface area contributed by atoms with E-state index in [-0.39, 0.29) is 30.4 Å². The van der Waals surface area contributed by atoms with Crippen molar-refractivity contribution in [1.29, 1.82) is 0 Å². The molecule has 4 rings (SSSR count). The van der Waals surface area contributed by atoms with Gasteiger partial charge in [0.2, 0.25) is 0 Å². The lowest BCUT2D eigenvalue weighted by Crippen LogP contribution is -2.44. The quantitative estimate of drug-likeness (QED) is 0.635. The van der Waals surface area contributed by atoms with Gasteiger partial charge < -0.3 is 15.1 Å². The second-order valence-corrected chi connectivity index (χ2v) is 7.15. The highest BCUT2D eigenvalue weighted by Gasteiger charge is 2.21. The number of nitrogens with zero attached hydrogens (tertiary/aromatic N) is 4. The molecule has 3 aromatic rings. The van der Waals surface area contributed by atoms with Gasteiger partial charge in [-0.15, -0.1) is 24.8 Å². The number of amides is 1. The molecule has 1 saturated heterocycles. The molecule has 10 heteroatoms. The lowest BCUT2D eigenvalue weighted by Gasteiger charge is -2.29. The first-order chi connectivity index (χ1) is 14.0. The minimum absolute atomic E-state index is 0. The van der Waals surface area contributed by atoms with Gasteiger partial charge in [0.05, 0.1) is 16.5 Å². The number of hydrogen-bond donors (Lipinski definition) is 1. The highest BCUT2D eigenvalue weighted by atomic mass is 35.5. The number of hydrogen-bond acceptors (Lipinski definition) is 5. The second-order valence-electron chi connectivity index (χ2n) is 7.15. The number of nitrogens with one attached hydrogen (secondary N) is 1. The highest BCUT2D eigenvalue weighted by molar-refractivity contribution is 6.00. The largest absolute Gasteiger partial charge is 0.353 e. The molecule has 1 aliphatic heterocycles. The molecule has 0 aliphatic carbocycles. The van der Waals surface area contributed by atoms with Crippen molar-refractivity contribution in [3.63, 3.8) is 0 Å². The van der Waals surface area contributed by atoms with E-state index in [2.05, 4.69) is 15.3 Å². The van der Waals surface area contributed by atoms with Crippen molar-refractivity contribution in [2.45, 2.75) is 0 Å². The summed E-state index contributed by atoms with van der Waals surface area (Å²) in [5.41, 5.74) is 1.51. The van der Waals surface area contributed by atoms with E-state index in [1.165, 1.54) is 29.4 Å². The van der Waals surface area contributed by atoms with Gasteiger partial charge in [0.25, 0.3) is 5.91 Å². The number of halogens is 4. The normalized spacial score (nSPS) is 13.4. The Balaban J connectivity index is 0.00000171. The van der Waals surface area contributed by atoms with Crippen molar-refractivity contribution in [3.05, 3.63) is 53.9 Å². The summed E-state index contributed by atoms with van der Waals surface area (Å²) in [6.07, 6.45) is 1.41. The van der Waals surface area contributed by atoms with Crippen molar-refractivity contribution < 1.29 is 13.6 Å². The zero-order chi connectivity index (χ0) is 20.5. The summed E-state index contributed by atoms with van der Waals surface area (Å²) in [5, 5.41) is 3.58. The molecule has 2 heterocycles. The van der Waals surface area contributed by atoms with Crippen LogP contribution in [0.25, 0.3) is 22.0 Å². The van der Waals surface area contributed by atoms with Crippen LogP contribution in [-0.4, -0.2) is 61.0 Å². The fourth-order valence-electron chi connectivity index (χ4n) is 3.57. The third-order valence-electron chi connectivity index (χ3n) is 5.05. The molecule has 31 heavy (non-hydrogen) atoms. The van der Waals surface area contributed by atoms with Crippen molar-refractivity contribution >= 4 is 47.4 Å². The van der Waals surface area contributed by atoms with Crippen LogP contribution in [0.15, 0.2) is 36.7 Å². The molecule has 2 aromatic carbocycles. The Labute approximate surface area is 191 Å². The summed E-state index contributed by atoms with van der Waals surface area (Å²) < 4.78 is 29.4. The molecule has 1 amide bonds. The van der Waals surface area contributed by atoms with E-state index in [9.17, 15) is 13.6 Å². The first kappa shape index (κ1) is 24.7.